The van der Waals surface area contributed by atoms with Gasteiger partial charge in [0.05, 0.1) is 24.8 Å². The third-order valence-electron chi connectivity index (χ3n) is 4.47. The number of ether oxygens (including phenoxy) is 2. The van der Waals surface area contributed by atoms with Crippen LogP contribution in [0.5, 0.6) is 0 Å². The highest BCUT2D eigenvalue weighted by atomic mass is 16.7. The van der Waals surface area contributed by atoms with E-state index in [2.05, 4.69) is 5.32 Å². The van der Waals surface area contributed by atoms with Crippen LogP contribution in [0.25, 0.3) is 0 Å². The maximum Gasteiger partial charge on any atom is 0.186 e. The molecule has 1 aliphatic carbocycles. The van der Waals surface area contributed by atoms with Crippen molar-refractivity contribution in [2.24, 2.45) is 0 Å². The van der Waals surface area contributed by atoms with E-state index >= 15 is 0 Å². The molecule has 2 aliphatic rings. The highest BCUT2D eigenvalue weighted by Gasteiger charge is 2.45. The lowest BCUT2D eigenvalue weighted by atomic mass is 9.86. The molecule has 0 aromatic heterocycles. The highest BCUT2D eigenvalue weighted by Crippen LogP contribution is 2.25. The van der Waals surface area contributed by atoms with E-state index in [9.17, 15) is 30.6 Å². The molecule has 1 heterocycles. The summed E-state index contributed by atoms with van der Waals surface area (Å²) in [4.78, 5) is 0. The van der Waals surface area contributed by atoms with Crippen LogP contribution >= 0.6 is 0 Å². The molecule has 2 rings (SSSR count). The van der Waals surface area contributed by atoms with Gasteiger partial charge in [-0.2, -0.15) is 0 Å². The molecule has 9 atom stereocenters. The first-order valence-electron chi connectivity index (χ1n) is 7.47. The Bertz CT molecular complexity index is 433. The monoisotopic (exact) mass is 335 g/mol. The predicted molar refractivity (Wildman–Crippen MR) is 77.3 cm³/mol. The molecule has 1 aliphatic heterocycles. The zero-order valence-electron chi connectivity index (χ0n) is 13.0. The van der Waals surface area contributed by atoms with Crippen molar-refractivity contribution >= 4 is 0 Å². The minimum Gasteiger partial charge on any atom is -0.392 e. The van der Waals surface area contributed by atoms with Gasteiger partial charge in [-0.15, -0.1) is 0 Å². The van der Waals surface area contributed by atoms with Crippen molar-refractivity contribution in [3.8, 4) is 0 Å². The molecule has 0 amide bonds. The zero-order valence-corrected chi connectivity index (χ0v) is 13.0. The molecule has 9 nitrogen and oxygen atoms in total. The Morgan fingerprint density at radius 1 is 1.09 bits per heavy atom. The predicted octanol–water partition coefficient (Wildman–Crippen LogP) is -3.56. The van der Waals surface area contributed by atoms with Crippen molar-refractivity contribution in [2.75, 3.05) is 13.7 Å². The Morgan fingerprint density at radius 3 is 2.30 bits per heavy atom. The summed E-state index contributed by atoms with van der Waals surface area (Å²) in [5.41, 5.74) is 0.162. The Kier molecular flexibility index (Phi) is 6.11. The average molecular weight is 335 g/mol. The molecule has 0 spiro atoms. The van der Waals surface area contributed by atoms with Gasteiger partial charge in [0.25, 0.3) is 0 Å². The van der Waals surface area contributed by atoms with Gasteiger partial charge in [-0.25, -0.2) is 0 Å². The Morgan fingerprint density at radius 2 is 1.74 bits per heavy atom. The van der Waals surface area contributed by atoms with Gasteiger partial charge in [-0.1, -0.05) is 6.08 Å². The van der Waals surface area contributed by atoms with E-state index in [1.54, 1.807) is 6.92 Å². The molecule has 23 heavy (non-hydrogen) atoms. The van der Waals surface area contributed by atoms with Crippen molar-refractivity contribution < 1.29 is 40.1 Å². The van der Waals surface area contributed by atoms with Crippen LogP contribution in [-0.2, 0) is 9.47 Å². The maximum atomic E-state index is 10.2. The Hall–Kier alpha value is -0.620. The maximum absolute atomic E-state index is 10.2. The molecule has 0 radical (unpaired) electrons. The van der Waals surface area contributed by atoms with E-state index in [-0.39, 0.29) is 5.57 Å². The van der Waals surface area contributed by atoms with E-state index in [0.717, 1.165) is 0 Å². The first kappa shape index (κ1) is 18.7. The van der Waals surface area contributed by atoms with Gasteiger partial charge < -0.3 is 45.4 Å². The highest BCUT2D eigenvalue weighted by molar-refractivity contribution is 5.22. The number of aliphatic hydroxyl groups is 6. The van der Waals surface area contributed by atoms with Crippen LogP contribution in [-0.4, -0.2) is 99.4 Å². The third-order valence-corrected chi connectivity index (χ3v) is 4.47. The summed E-state index contributed by atoms with van der Waals surface area (Å²) in [6.45, 7) is 1.19. The summed E-state index contributed by atoms with van der Waals surface area (Å²) in [6, 6.07) is -1.60. The van der Waals surface area contributed by atoms with Crippen molar-refractivity contribution in [2.45, 2.75) is 61.9 Å². The second-order valence-corrected chi connectivity index (χ2v) is 5.97. The van der Waals surface area contributed by atoms with Gasteiger partial charge in [-0.3, -0.25) is 0 Å². The van der Waals surface area contributed by atoms with Crippen LogP contribution in [0.2, 0.25) is 0 Å². The summed E-state index contributed by atoms with van der Waals surface area (Å²) in [5, 5.41) is 62.0. The summed E-state index contributed by atoms with van der Waals surface area (Å²) >= 11 is 0. The Labute approximate surface area is 133 Å². The quantitative estimate of drug-likeness (QED) is 0.259. The first-order chi connectivity index (χ1) is 10.8. The SMILES string of the molecule is CO[C@H]1O[C@H](C)[C@@H](N[C@@H]2C=C(CO)[C@@H](O)[C@H](O)[C@H]2O)[C@H](O)[C@H]1O. The molecule has 1 fully saturated rings. The smallest absolute Gasteiger partial charge is 0.186 e. The number of aliphatic hydroxyl groups excluding tert-OH is 6. The number of hydrogen-bond donors (Lipinski definition) is 7. The van der Waals surface area contributed by atoms with Gasteiger partial charge >= 0.3 is 0 Å². The van der Waals surface area contributed by atoms with Crippen LogP contribution in [0.15, 0.2) is 11.6 Å². The van der Waals surface area contributed by atoms with Gasteiger partial charge in [-0.05, 0) is 12.5 Å². The Balaban J connectivity index is 2.15. The lowest BCUT2D eigenvalue weighted by molar-refractivity contribution is -0.265. The average Bonchev–Trinajstić information content (AvgIpc) is 2.54. The fourth-order valence-corrected chi connectivity index (χ4v) is 3.02. The normalized spacial score (nSPS) is 48.2. The summed E-state index contributed by atoms with van der Waals surface area (Å²) in [6.07, 6.45) is -6.83. The topological polar surface area (TPSA) is 152 Å². The largest absolute Gasteiger partial charge is 0.392 e. The second-order valence-electron chi connectivity index (χ2n) is 5.97. The zero-order chi connectivity index (χ0) is 17.3. The summed E-state index contributed by atoms with van der Waals surface area (Å²) in [5.74, 6) is 0. The first-order valence-corrected chi connectivity index (χ1v) is 7.47. The van der Waals surface area contributed by atoms with Crippen LogP contribution in [0.1, 0.15) is 6.92 Å². The van der Waals surface area contributed by atoms with Gasteiger partial charge in [0.2, 0.25) is 0 Å². The number of nitrogens with one attached hydrogen (secondary N) is 1. The van der Waals surface area contributed by atoms with Crippen molar-refractivity contribution in [1.29, 1.82) is 0 Å². The standard InChI is InChI=1S/C14H25NO8/c1-5-8(11(19)13(21)14(22-2)23-5)15-7-3-6(4-16)9(17)12(20)10(7)18/h3,5,7-21H,4H2,1-2H3/t5-,7-,8-,9-,10+,11+,12+,13-,14+/m1/s1. The van der Waals surface area contributed by atoms with Crippen LogP contribution in [0.3, 0.4) is 0 Å². The molecule has 0 unspecified atom stereocenters. The molecular weight excluding hydrogens is 310 g/mol. The minimum atomic E-state index is -1.48. The molecule has 0 aromatic rings. The van der Waals surface area contributed by atoms with E-state index < -0.39 is 61.6 Å². The lowest BCUT2D eigenvalue weighted by Gasteiger charge is -2.44. The van der Waals surface area contributed by atoms with Crippen LogP contribution in [0, 0.1) is 0 Å². The van der Waals surface area contributed by atoms with Crippen LogP contribution < -0.4 is 5.32 Å². The molecule has 0 saturated carbocycles. The number of hydrogen-bond acceptors (Lipinski definition) is 9. The third kappa shape index (κ3) is 3.58. The number of rotatable bonds is 4. The van der Waals surface area contributed by atoms with E-state index in [1.165, 1.54) is 13.2 Å². The number of methoxy groups -OCH3 is 1. The van der Waals surface area contributed by atoms with Crippen molar-refractivity contribution in [1.82, 2.24) is 5.32 Å². The summed E-state index contributed by atoms with van der Waals surface area (Å²) in [7, 11) is 1.35. The van der Waals surface area contributed by atoms with Crippen LogP contribution in [0.4, 0.5) is 0 Å². The molecule has 1 saturated heterocycles. The fourth-order valence-electron chi connectivity index (χ4n) is 3.02. The molecular formula is C14H25NO8. The minimum absolute atomic E-state index is 0.162. The van der Waals surface area contributed by atoms with Crippen molar-refractivity contribution in [3.63, 3.8) is 0 Å². The van der Waals surface area contributed by atoms with E-state index in [4.69, 9.17) is 9.47 Å². The molecule has 0 aromatic carbocycles. The molecule has 7 N–H and O–H groups in total. The second kappa shape index (κ2) is 7.51. The molecule has 134 valence electrons. The molecule has 9 heteroatoms. The summed E-state index contributed by atoms with van der Waals surface area (Å²) < 4.78 is 10.4. The lowest BCUT2D eigenvalue weighted by Crippen LogP contribution is -2.66. The fraction of sp³-hybridized carbons (Fsp3) is 0.857. The van der Waals surface area contributed by atoms with Gasteiger partial charge in [0.15, 0.2) is 6.29 Å². The van der Waals surface area contributed by atoms with Gasteiger partial charge in [0, 0.05) is 7.11 Å². The van der Waals surface area contributed by atoms with E-state index in [0.29, 0.717) is 0 Å². The van der Waals surface area contributed by atoms with Gasteiger partial charge in [0.1, 0.15) is 30.5 Å². The molecule has 0 bridgehead atoms. The van der Waals surface area contributed by atoms with Crippen molar-refractivity contribution in [3.05, 3.63) is 11.6 Å². The van der Waals surface area contributed by atoms with E-state index in [1.807, 2.05) is 0 Å².